The van der Waals surface area contributed by atoms with Gasteiger partial charge in [-0.1, -0.05) is 0 Å². The minimum Gasteiger partial charge on any atom is -0.395 e. The number of anilines is 1. The van der Waals surface area contributed by atoms with Crippen molar-refractivity contribution < 1.29 is 5.11 Å². The van der Waals surface area contributed by atoms with Crippen LogP contribution in [0.4, 0.5) is 5.82 Å². The minimum absolute atomic E-state index is 0.0494. The van der Waals surface area contributed by atoms with Gasteiger partial charge in [0.15, 0.2) is 11.5 Å². The van der Waals surface area contributed by atoms with Crippen LogP contribution in [-0.4, -0.2) is 45.2 Å². The molecule has 0 saturated heterocycles. The third kappa shape index (κ3) is 1.86. The number of aliphatic hydroxyl groups excluding tert-OH is 1. The summed E-state index contributed by atoms with van der Waals surface area (Å²) < 4.78 is 0. The summed E-state index contributed by atoms with van der Waals surface area (Å²) in [4.78, 5) is 16.8. The molecule has 15 heavy (non-hydrogen) atoms. The zero-order chi connectivity index (χ0) is 10.8. The van der Waals surface area contributed by atoms with Crippen molar-refractivity contribution in [1.82, 2.24) is 19.9 Å². The fourth-order valence-electron chi connectivity index (χ4n) is 1.32. The third-order valence-electron chi connectivity index (χ3n) is 2.04. The largest absolute Gasteiger partial charge is 0.395 e. The predicted octanol–water partition coefficient (Wildman–Crippen LogP) is 0.435. The first kappa shape index (κ1) is 10.1. The van der Waals surface area contributed by atoms with Gasteiger partial charge in [0.25, 0.3) is 0 Å². The maximum atomic E-state index is 8.85. The number of nitrogens with zero attached hydrogens (tertiary/aromatic N) is 4. The molecule has 0 atom stereocenters. The van der Waals surface area contributed by atoms with Crippen LogP contribution in [0.1, 0.15) is 0 Å². The Labute approximate surface area is 90.9 Å². The molecular formula is C8H10ClN5O. The topological polar surface area (TPSA) is 77.9 Å². The molecule has 0 spiro atoms. The predicted molar refractivity (Wildman–Crippen MR) is 57.0 cm³/mol. The lowest BCUT2D eigenvalue weighted by Gasteiger charge is -2.16. The third-order valence-corrected chi connectivity index (χ3v) is 2.21. The van der Waals surface area contributed by atoms with Gasteiger partial charge in [0.2, 0.25) is 5.28 Å². The van der Waals surface area contributed by atoms with Gasteiger partial charge in [-0.15, -0.1) is 0 Å². The van der Waals surface area contributed by atoms with E-state index in [0.717, 1.165) is 5.52 Å². The molecule has 2 rings (SSSR count). The van der Waals surface area contributed by atoms with Crippen LogP contribution in [0.15, 0.2) is 6.33 Å². The molecular weight excluding hydrogens is 218 g/mol. The molecule has 2 aromatic heterocycles. The van der Waals surface area contributed by atoms with Crippen LogP contribution < -0.4 is 4.90 Å². The molecule has 0 fully saturated rings. The van der Waals surface area contributed by atoms with Crippen LogP contribution in [0, 0.1) is 0 Å². The Morgan fingerprint density at radius 2 is 2.33 bits per heavy atom. The van der Waals surface area contributed by atoms with Gasteiger partial charge in [-0.05, 0) is 11.6 Å². The number of likely N-dealkylation sites (N-methyl/N-ethyl adjacent to an activating group) is 1. The first-order valence-corrected chi connectivity index (χ1v) is 4.79. The van der Waals surface area contributed by atoms with Crippen LogP contribution in [0.2, 0.25) is 5.28 Å². The molecule has 2 heterocycles. The number of nitrogens with one attached hydrogen (secondary N) is 1. The standard InChI is InChI=1S/C8H10ClN5O/c1-14(2-3-15)7-5-6(11-4-10-5)12-8(9)13-7/h4,15H,2-3H2,1H3,(H,10,11,12,13). The van der Waals surface area contributed by atoms with E-state index in [-0.39, 0.29) is 11.9 Å². The van der Waals surface area contributed by atoms with Crippen molar-refractivity contribution in [3.63, 3.8) is 0 Å². The number of imidazole rings is 1. The summed E-state index contributed by atoms with van der Waals surface area (Å²) in [6, 6.07) is 0. The number of hydrogen-bond acceptors (Lipinski definition) is 5. The maximum Gasteiger partial charge on any atom is 0.226 e. The first-order chi connectivity index (χ1) is 7.22. The summed E-state index contributed by atoms with van der Waals surface area (Å²) in [5.74, 6) is 0.636. The highest BCUT2D eigenvalue weighted by Gasteiger charge is 2.12. The lowest BCUT2D eigenvalue weighted by atomic mass is 10.4. The van der Waals surface area contributed by atoms with E-state index < -0.39 is 0 Å². The van der Waals surface area contributed by atoms with E-state index in [1.54, 1.807) is 4.90 Å². The lowest BCUT2D eigenvalue weighted by molar-refractivity contribution is 0.304. The summed E-state index contributed by atoms with van der Waals surface area (Å²) >= 11 is 5.76. The molecule has 80 valence electrons. The van der Waals surface area contributed by atoms with E-state index in [1.165, 1.54) is 6.33 Å². The van der Waals surface area contributed by atoms with Gasteiger partial charge in [-0.25, -0.2) is 4.98 Å². The lowest BCUT2D eigenvalue weighted by Crippen LogP contribution is -2.22. The number of aromatic amines is 1. The Morgan fingerprint density at radius 3 is 3.07 bits per heavy atom. The van der Waals surface area contributed by atoms with Crippen LogP contribution in [0.5, 0.6) is 0 Å². The number of aromatic nitrogens is 4. The average molecular weight is 228 g/mol. The summed E-state index contributed by atoms with van der Waals surface area (Å²) in [6.07, 6.45) is 1.53. The van der Waals surface area contributed by atoms with E-state index in [4.69, 9.17) is 16.7 Å². The molecule has 0 aromatic carbocycles. The van der Waals surface area contributed by atoms with E-state index in [1.807, 2.05) is 7.05 Å². The van der Waals surface area contributed by atoms with Gasteiger partial charge < -0.3 is 15.0 Å². The molecule has 0 bridgehead atoms. The summed E-state index contributed by atoms with van der Waals surface area (Å²) in [7, 11) is 1.81. The van der Waals surface area contributed by atoms with E-state index in [2.05, 4.69) is 19.9 Å². The zero-order valence-electron chi connectivity index (χ0n) is 8.11. The van der Waals surface area contributed by atoms with Crippen LogP contribution in [0.25, 0.3) is 11.2 Å². The van der Waals surface area contributed by atoms with Gasteiger partial charge in [0, 0.05) is 13.6 Å². The van der Waals surface area contributed by atoms with Crippen LogP contribution in [-0.2, 0) is 0 Å². The molecule has 2 N–H and O–H groups in total. The molecule has 7 heteroatoms. The van der Waals surface area contributed by atoms with Gasteiger partial charge in [0.05, 0.1) is 12.9 Å². The Balaban J connectivity index is 2.52. The monoisotopic (exact) mass is 227 g/mol. The summed E-state index contributed by atoms with van der Waals surface area (Å²) in [6.45, 7) is 0.523. The molecule has 2 aromatic rings. The van der Waals surface area contributed by atoms with Crippen molar-refractivity contribution in [2.24, 2.45) is 0 Å². The minimum atomic E-state index is 0.0494. The van der Waals surface area contributed by atoms with Gasteiger partial charge in [-0.3, -0.25) is 0 Å². The van der Waals surface area contributed by atoms with Crippen molar-refractivity contribution in [3.8, 4) is 0 Å². The Kier molecular flexibility index (Phi) is 2.70. The van der Waals surface area contributed by atoms with Crippen molar-refractivity contribution in [3.05, 3.63) is 11.6 Å². The van der Waals surface area contributed by atoms with Crippen molar-refractivity contribution in [2.75, 3.05) is 25.1 Å². The molecule has 0 saturated carbocycles. The summed E-state index contributed by atoms with van der Waals surface area (Å²) in [5.41, 5.74) is 1.24. The van der Waals surface area contributed by atoms with Gasteiger partial charge in [0.1, 0.15) is 5.52 Å². The number of fused-ring (bicyclic) bond motifs is 1. The number of aliphatic hydroxyl groups is 1. The molecule has 0 amide bonds. The number of H-pyrrole nitrogens is 1. The van der Waals surface area contributed by atoms with E-state index >= 15 is 0 Å². The maximum absolute atomic E-state index is 8.85. The fraction of sp³-hybridized carbons (Fsp3) is 0.375. The molecule has 0 aliphatic heterocycles. The number of rotatable bonds is 3. The average Bonchev–Trinajstić information content (AvgIpc) is 2.64. The molecule has 0 radical (unpaired) electrons. The normalized spacial score (nSPS) is 10.9. The highest BCUT2D eigenvalue weighted by atomic mass is 35.5. The van der Waals surface area contributed by atoms with Crippen LogP contribution in [0.3, 0.4) is 0 Å². The van der Waals surface area contributed by atoms with Crippen molar-refractivity contribution >= 4 is 28.6 Å². The SMILES string of the molecule is CN(CCO)c1nc(Cl)nc2nc[nH]c12. The Bertz CT molecular complexity index is 471. The summed E-state index contributed by atoms with van der Waals surface area (Å²) in [5, 5.41) is 8.99. The first-order valence-electron chi connectivity index (χ1n) is 4.41. The van der Waals surface area contributed by atoms with E-state index in [9.17, 15) is 0 Å². The molecule has 0 aliphatic rings. The second kappa shape index (κ2) is 4.00. The zero-order valence-corrected chi connectivity index (χ0v) is 8.86. The number of hydrogen-bond donors (Lipinski definition) is 2. The Morgan fingerprint density at radius 1 is 1.53 bits per heavy atom. The van der Waals surface area contributed by atoms with Gasteiger partial charge >= 0.3 is 0 Å². The molecule has 0 aliphatic carbocycles. The Hall–Kier alpha value is -1.40. The molecule has 6 nitrogen and oxygen atoms in total. The van der Waals surface area contributed by atoms with Crippen LogP contribution >= 0.6 is 11.6 Å². The van der Waals surface area contributed by atoms with E-state index in [0.29, 0.717) is 18.0 Å². The quantitative estimate of drug-likeness (QED) is 0.744. The van der Waals surface area contributed by atoms with Crippen molar-refractivity contribution in [1.29, 1.82) is 0 Å². The smallest absolute Gasteiger partial charge is 0.226 e. The highest BCUT2D eigenvalue weighted by Crippen LogP contribution is 2.21. The van der Waals surface area contributed by atoms with Crippen molar-refractivity contribution in [2.45, 2.75) is 0 Å². The molecule has 0 unspecified atom stereocenters. The second-order valence-electron chi connectivity index (χ2n) is 3.06. The second-order valence-corrected chi connectivity index (χ2v) is 3.40. The number of halogens is 1. The fourth-order valence-corrected chi connectivity index (χ4v) is 1.48. The highest BCUT2D eigenvalue weighted by molar-refractivity contribution is 6.28. The van der Waals surface area contributed by atoms with Gasteiger partial charge in [-0.2, -0.15) is 9.97 Å².